The van der Waals surface area contributed by atoms with Crippen molar-refractivity contribution in [3.05, 3.63) is 230 Å². The first kappa shape index (κ1) is 37.7. The lowest BCUT2D eigenvalue weighted by molar-refractivity contribution is 1.09. The third-order valence-electron chi connectivity index (χ3n) is 14.0. The fourth-order valence-corrected chi connectivity index (χ4v) is 11.1. The summed E-state index contributed by atoms with van der Waals surface area (Å²) >= 11 is 0. The number of rotatable bonds is 5. The molecule has 68 heavy (non-hydrogen) atoms. The average molecular weight is 865 g/mol. The van der Waals surface area contributed by atoms with E-state index < -0.39 is 0 Å². The van der Waals surface area contributed by atoms with Crippen LogP contribution in [0.15, 0.2) is 218 Å². The molecule has 4 aromatic heterocycles. The molecule has 0 amide bonds. The highest BCUT2D eigenvalue weighted by Crippen LogP contribution is 2.43. The van der Waals surface area contributed by atoms with E-state index in [0.29, 0.717) is 11.1 Å². The summed E-state index contributed by atoms with van der Waals surface area (Å²) in [6.45, 7) is 0. The standard InChI is InChI=1S/C62H36N6/c63-37-39-14-13-15-40(32-39)52-36-62(68-58-27-12-6-21-49(58)51-31-29-43(35-60(51)68)66-55-24-9-3-18-46(55)47-19-4-10-25-56(47)66)61(33-41(52)38-64)67-57-26-11-5-20-48(57)50-30-28-42(34-59(50)67)65-53-22-7-1-16-44(53)45-17-2-8-23-54(45)65/h1-36H. The fourth-order valence-electron chi connectivity index (χ4n) is 11.1. The molecule has 0 aliphatic rings. The molecule has 14 aromatic rings. The number of aromatic nitrogens is 4. The van der Waals surface area contributed by atoms with Crippen LogP contribution in [0.1, 0.15) is 11.1 Å². The van der Waals surface area contributed by atoms with Gasteiger partial charge in [-0.3, -0.25) is 0 Å². The van der Waals surface area contributed by atoms with Gasteiger partial charge in [-0.2, -0.15) is 10.5 Å². The van der Waals surface area contributed by atoms with Crippen LogP contribution in [0.3, 0.4) is 0 Å². The zero-order chi connectivity index (χ0) is 45.0. The lowest BCUT2D eigenvalue weighted by atomic mass is 9.97. The van der Waals surface area contributed by atoms with E-state index in [9.17, 15) is 10.5 Å². The number of nitriles is 2. The van der Waals surface area contributed by atoms with Gasteiger partial charge in [-0.05, 0) is 90.5 Å². The molecule has 10 aromatic carbocycles. The summed E-state index contributed by atoms with van der Waals surface area (Å²) in [4.78, 5) is 0. The molecule has 0 spiro atoms. The quantitative estimate of drug-likeness (QED) is 0.173. The van der Waals surface area contributed by atoms with Gasteiger partial charge in [-0.15, -0.1) is 0 Å². The molecule has 0 aliphatic carbocycles. The van der Waals surface area contributed by atoms with E-state index in [1.165, 1.54) is 21.5 Å². The first-order chi connectivity index (χ1) is 33.7. The summed E-state index contributed by atoms with van der Waals surface area (Å²) in [5.41, 5.74) is 15.1. The van der Waals surface area contributed by atoms with Crippen molar-refractivity contribution in [2.24, 2.45) is 0 Å². The molecule has 314 valence electrons. The summed E-state index contributed by atoms with van der Waals surface area (Å²) in [7, 11) is 0. The van der Waals surface area contributed by atoms with Crippen LogP contribution in [0.2, 0.25) is 0 Å². The first-order valence-corrected chi connectivity index (χ1v) is 22.8. The van der Waals surface area contributed by atoms with Crippen molar-refractivity contribution in [3.8, 4) is 46.0 Å². The largest absolute Gasteiger partial charge is 0.309 e. The van der Waals surface area contributed by atoms with Gasteiger partial charge in [-0.25, -0.2) is 0 Å². The van der Waals surface area contributed by atoms with Gasteiger partial charge in [-0.1, -0.05) is 133 Å². The van der Waals surface area contributed by atoms with Crippen LogP contribution in [-0.2, 0) is 0 Å². The fraction of sp³-hybridized carbons (Fsp3) is 0. The Hall–Kier alpha value is -9.62. The van der Waals surface area contributed by atoms with Gasteiger partial charge in [0, 0.05) is 60.0 Å². The Bertz CT molecular complexity index is 4430. The van der Waals surface area contributed by atoms with Gasteiger partial charge in [0.2, 0.25) is 0 Å². The lowest BCUT2D eigenvalue weighted by Crippen LogP contribution is -2.06. The van der Waals surface area contributed by atoms with Crippen LogP contribution in [-0.4, -0.2) is 18.3 Å². The predicted molar refractivity (Wildman–Crippen MR) is 279 cm³/mol. The highest BCUT2D eigenvalue weighted by atomic mass is 15.1. The second-order valence-electron chi connectivity index (χ2n) is 17.5. The van der Waals surface area contributed by atoms with E-state index >= 15 is 0 Å². The summed E-state index contributed by atoms with van der Waals surface area (Å²) < 4.78 is 9.47. The molecule has 0 radical (unpaired) electrons. The molecular formula is C62H36N6. The van der Waals surface area contributed by atoms with E-state index in [1.807, 2.05) is 18.2 Å². The summed E-state index contributed by atoms with van der Waals surface area (Å²) in [5, 5.41) is 30.5. The van der Waals surface area contributed by atoms with Crippen molar-refractivity contribution < 1.29 is 0 Å². The van der Waals surface area contributed by atoms with Crippen molar-refractivity contribution in [2.45, 2.75) is 0 Å². The third-order valence-corrected chi connectivity index (χ3v) is 14.0. The Morgan fingerprint density at radius 2 is 0.647 bits per heavy atom. The van der Waals surface area contributed by atoms with Crippen molar-refractivity contribution in [2.75, 3.05) is 0 Å². The molecule has 6 nitrogen and oxygen atoms in total. The van der Waals surface area contributed by atoms with E-state index in [2.05, 4.69) is 225 Å². The molecular weight excluding hydrogens is 829 g/mol. The Morgan fingerprint density at radius 1 is 0.279 bits per heavy atom. The van der Waals surface area contributed by atoms with E-state index in [0.717, 1.165) is 99.6 Å². The van der Waals surface area contributed by atoms with Crippen molar-refractivity contribution in [1.82, 2.24) is 18.3 Å². The van der Waals surface area contributed by atoms with Gasteiger partial charge in [0.25, 0.3) is 0 Å². The van der Waals surface area contributed by atoms with Gasteiger partial charge in [0.15, 0.2) is 0 Å². The number of hydrogen-bond acceptors (Lipinski definition) is 2. The lowest BCUT2D eigenvalue weighted by Gasteiger charge is -2.20. The number of nitrogens with zero attached hydrogens (tertiary/aromatic N) is 6. The van der Waals surface area contributed by atoms with Gasteiger partial charge >= 0.3 is 0 Å². The maximum atomic E-state index is 11.2. The average Bonchev–Trinajstić information content (AvgIpc) is 4.13. The minimum absolute atomic E-state index is 0.509. The first-order valence-electron chi connectivity index (χ1n) is 22.8. The van der Waals surface area contributed by atoms with Gasteiger partial charge in [0.05, 0.1) is 78.8 Å². The number of benzene rings is 10. The molecule has 14 rings (SSSR count). The van der Waals surface area contributed by atoms with Crippen LogP contribution < -0.4 is 0 Å². The zero-order valence-electron chi connectivity index (χ0n) is 36.5. The normalized spacial score (nSPS) is 11.8. The summed E-state index contributed by atoms with van der Waals surface area (Å²) in [5.74, 6) is 0. The van der Waals surface area contributed by atoms with Crippen LogP contribution in [0.4, 0.5) is 0 Å². The Kier molecular flexibility index (Phi) is 8.01. The highest BCUT2D eigenvalue weighted by Gasteiger charge is 2.24. The van der Waals surface area contributed by atoms with Crippen LogP contribution in [0.25, 0.3) is 121 Å². The third kappa shape index (κ3) is 5.31. The van der Waals surface area contributed by atoms with E-state index in [4.69, 9.17) is 0 Å². The van der Waals surface area contributed by atoms with Crippen LogP contribution in [0, 0.1) is 22.7 Å². The zero-order valence-corrected chi connectivity index (χ0v) is 36.5. The monoisotopic (exact) mass is 864 g/mol. The second kappa shape index (κ2) is 14.4. The van der Waals surface area contributed by atoms with Crippen LogP contribution >= 0.6 is 0 Å². The Labute approximate surface area is 389 Å². The smallest absolute Gasteiger partial charge is 0.0998 e. The predicted octanol–water partition coefficient (Wildman–Crippen LogP) is 15.5. The van der Waals surface area contributed by atoms with Crippen molar-refractivity contribution in [3.63, 3.8) is 0 Å². The van der Waals surface area contributed by atoms with Gasteiger partial charge < -0.3 is 18.3 Å². The molecule has 0 saturated carbocycles. The Balaban J connectivity index is 1.12. The van der Waals surface area contributed by atoms with Crippen molar-refractivity contribution >= 4 is 87.2 Å². The van der Waals surface area contributed by atoms with E-state index in [1.54, 1.807) is 6.07 Å². The molecule has 0 unspecified atom stereocenters. The summed E-state index contributed by atoms with van der Waals surface area (Å²) in [6.07, 6.45) is 0. The van der Waals surface area contributed by atoms with Crippen molar-refractivity contribution in [1.29, 1.82) is 10.5 Å². The number of para-hydroxylation sites is 6. The molecule has 0 atom stereocenters. The molecule has 0 bridgehead atoms. The van der Waals surface area contributed by atoms with Gasteiger partial charge in [0.1, 0.15) is 0 Å². The number of hydrogen-bond donors (Lipinski definition) is 0. The minimum atomic E-state index is 0.509. The highest BCUT2D eigenvalue weighted by molar-refractivity contribution is 6.14. The molecule has 4 heterocycles. The molecule has 0 fully saturated rings. The maximum absolute atomic E-state index is 11.2. The molecule has 0 saturated heterocycles. The Morgan fingerprint density at radius 3 is 1.04 bits per heavy atom. The molecule has 0 N–H and O–H groups in total. The summed E-state index contributed by atoms with van der Waals surface area (Å²) in [6, 6.07) is 81.9. The van der Waals surface area contributed by atoms with E-state index in [-0.39, 0.29) is 0 Å². The van der Waals surface area contributed by atoms with Crippen LogP contribution in [0.5, 0.6) is 0 Å². The molecule has 6 heteroatoms. The molecule has 0 aliphatic heterocycles. The SMILES string of the molecule is N#Cc1cccc(-c2cc(-n3c4ccccc4c4ccc(-n5c6ccccc6c6ccccc65)cc43)c(-n3c4ccccc4c4ccc(-n5c6ccccc6c6ccccc65)cc43)cc2C#N)c1. The maximum Gasteiger partial charge on any atom is 0.0998 e. The topological polar surface area (TPSA) is 67.3 Å². The minimum Gasteiger partial charge on any atom is -0.309 e. The number of fused-ring (bicyclic) bond motifs is 12. The second-order valence-corrected chi connectivity index (χ2v) is 17.5.